The molecular formula is C20H21N3O5S. The first-order valence-electron chi connectivity index (χ1n) is 9.18. The third-order valence-corrected chi connectivity index (χ3v) is 5.69. The molecule has 9 heteroatoms. The fourth-order valence-corrected chi connectivity index (χ4v) is 4.42. The van der Waals surface area contributed by atoms with E-state index in [9.17, 15) is 14.9 Å². The standard InChI is InChI=1S/C20H21N3O5S/c21-10-16-15-3-1-14(12-28-20(26)22-6-7-24)9-17(15)29-19(16)23-18(25)4-2-13-5-8-27-11-13/h2,4-5,8,11,14,24H,1,3,6-7,9,12H2,(H,22,26)(H,23,25)/b4-2+. The molecule has 8 nitrogen and oxygen atoms in total. The first-order chi connectivity index (χ1) is 14.1. The molecule has 0 saturated carbocycles. The van der Waals surface area contributed by atoms with Gasteiger partial charge in [0.25, 0.3) is 0 Å². The molecule has 1 unspecified atom stereocenters. The van der Waals surface area contributed by atoms with Crippen molar-refractivity contribution < 1.29 is 23.8 Å². The molecule has 0 aromatic carbocycles. The Hall–Kier alpha value is -3.09. The monoisotopic (exact) mass is 415 g/mol. The lowest BCUT2D eigenvalue weighted by atomic mass is 9.88. The number of rotatable bonds is 7. The molecule has 1 aliphatic carbocycles. The second kappa shape index (κ2) is 9.91. The zero-order valence-corrected chi connectivity index (χ0v) is 16.5. The van der Waals surface area contributed by atoms with Crippen molar-refractivity contribution in [1.29, 1.82) is 5.26 Å². The molecule has 0 spiro atoms. The Bertz CT molecular complexity index is 927. The number of fused-ring (bicyclic) bond motifs is 1. The second-order valence-electron chi connectivity index (χ2n) is 6.56. The maximum atomic E-state index is 12.2. The number of hydrogen-bond acceptors (Lipinski definition) is 7. The molecule has 0 bridgehead atoms. The van der Waals surface area contributed by atoms with Gasteiger partial charge in [-0.05, 0) is 42.9 Å². The highest BCUT2D eigenvalue weighted by Crippen LogP contribution is 2.39. The predicted octanol–water partition coefficient (Wildman–Crippen LogP) is 2.69. The smallest absolute Gasteiger partial charge is 0.407 e. The van der Waals surface area contributed by atoms with Crippen LogP contribution in [-0.4, -0.2) is 36.9 Å². The van der Waals surface area contributed by atoms with Crippen molar-refractivity contribution in [2.75, 3.05) is 25.1 Å². The Morgan fingerprint density at radius 1 is 1.48 bits per heavy atom. The van der Waals surface area contributed by atoms with Crippen LogP contribution in [0.4, 0.5) is 9.80 Å². The molecule has 2 aromatic heterocycles. The lowest BCUT2D eigenvalue weighted by Crippen LogP contribution is -2.29. The number of hydrogen-bond donors (Lipinski definition) is 3. The Labute approximate surface area is 171 Å². The van der Waals surface area contributed by atoms with E-state index in [1.807, 2.05) is 0 Å². The lowest BCUT2D eigenvalue weighted by Gasteiger charge is -2.21. The third kappa shape index (κ3) is 5.47. The maximum Gasteiger partial charge on any atom is 0.407 e. The minimum atomic E-state index is -0.550. The molecule has 1 aliphatic rings. The molecule has 2 heterocycles. The summed E-state index contributed by atoms with van der Waals surface area (Å²) >= 11 is 1.39. The topological polar surface area (TPSA) is 125 Å². The van der Waals surface area contributed by atoms with Gasteiger partial charge in [-0.2, -0.15) is 5.26 Å². The Kier molecular flexibility index (Phi) is 7.05. The van der Waals surface area contributed by atoms with Gasteiger partial charge < -0.3 is 24.9 Å². The largest absolute Gasteiger partial charge is 0.472 e. The fraction of sp³-hybridized carbons (Fsp3) is 0.350. The van der Waals surface area contributed by atoms with Crippen molar-refractivity contribution in [3.05, 3.63) is 46.2 Å². The summed E-state index contributed by atoms with van der Waals surface area (Å²) < 4.78 is 10.1. The summed E-state index contributed by atoms with van der Waals surface area (Å²) in [6.07, 6.45) is 7.70. The number of ether oxygens (including phenoxy) is 1. The third-order valence-electron chi connectivity index (χ3n) is 4.52. The Morgan fingerprint density at radius 3 is 3.07 bits per heavy atom. The number of amides is 2. The number of carbonyl (C=O) groups is 2. The number of thiophene rings is 1. The molecular weight excluding hydrogens is 394 g/mol. The molecule has 0 fully saturated rings. The van der Waals surface area contributed by atoms with Gasteiger partial charge in [-0.3, -0.25) is 4.79 Å². The summed E-state index contributed by atoms with van der Waals surface area (Å²) in [6.45, 7) is 0.285. The number of aliphatic hydroxyl groups is 1. The van der Waals surface area contributed by atoms with E-state index in [0.29, 0.717) is 23.4 Å². The molecule has 1 atom stereocenters. The van der Waals surface area contributed by atoms with Crippen molar-refractivity contribution in [2.45, 2.75) is 19.3 Å². The van der Waals surface area contributed by atoms with Gasteiger partial charge in [0.1, 0.15) is 11.1 Å². The number of aliphatic hydroxyl groups excluding tert-OH is 1. The predicted molar refractivity (Wildman–Crippen MR) is 107 cm³/mol. The van der Waals surface area contributed by atoms with E-state index in [4.69, 9.17) is 14.3 Å². The van der Waals surface area contributed by atoms with Crippen molar-refractivity contribution >= 4 is 34.4 Å². The Balaban J connectivity index is 1.61. The normalized spacial score (nSPS) is 15.5. The number of nitrogens with zero attached hydrogens (tertiary/aromatic N) is 1. The molecule has 3 N–H and O–H groups in total. The number of nitriles is 1. The number of furan rings is 1. The molecule has 29 heavy (non-hydrogen) atoms. The first-order valence-corrected chi connectivity index (χ1v) is 9.99. The van der Waals surface area contributed by atoms with Crippen LogP contribution in [0.3, 0.4) is 0 Å². The van der Waals surface area contributed by atoms with Crippen LogP contribution in [0.2, 0.25) is 0 Å². The quantitative estimate of drug-likeness (QED) is 0.597. The highest BCUT2D eigenvalue weighted by Gasteiger charge is 2.27. The van der Waals surface area contributed by atoms with E-state index in [0.717, 1.165) is 22.4 Å². The van der Waals surface area contributed by atoms with Gasteiger partial charge in [-0.15, -0.1) is 11.3 Å². The summed E-state index contributed by atoms with van der Waals surface area (Å²) in [5.74, 6) is -0.168. The van der Waals surface area contributed by atoms with E-state index < -0.39 is 6.09 Å². The fourth-order valence-electron chi connectivity index (χ4n) is 3.10. The molecule has 152 valence electrons. The molecule has 2 amide bonds. The zero-order valence-electron chi connectivity index (χ0n) is 15.6. The van der Waals surface area contributed by atoms with Crippen LogP contribution >= 0.6 is 11.3 Å². The number of nitrogens with one attached hydrogen (secondary N) is 2. The minimum Gasteiger partial charge on any atom is -0.472 e. The lowest BCUT2D eigenvalue weighted by molar-refractivity contribution is -0.111. The molecule has 0 radical (unpaired) electrons. The summed E-state index contributed by atoms with van der Waals surface area (Å²) in [5, 5.41) is 24.0. The van der Waals surface area contributed by atoms with E-state index in [-0.39, 0.29) is 31.6 Å². The minimum absolute atomic E-state index is 0.139. The summed E-state index contributed by atoms with van der Waals surface area (Å²) in [5.41, 5.74) is 2.25. The van der Waals surface area contributed by atoms with E-state index in [1.165, 1.54) is 29.9 Å². The molecule has 3 rings (SSSR count). The first kappa shape index (κ1) is 20.6. The van der Waals surface area contributed by atoms with Crippen LogP contribution in [0.5, 0.6) is 0 Å². The Morgan fingerprint density at radius 2 is 2.34 bits per heavy atom. The van der Waals surface area contributed by atoms with Crippen LogP contribution in [-0.2, 0) is 22.4 Å². The molecule has 0 aliphatic heterocycles. The van der Waals surface area contributed by atoms with Gasteiger partial charge in [0.2, 0.25) is 5.91 Å². The van der Waals surface area contributed by atoms with Crippen molar-refractivity contribution in [3.63, 3.8) is 0 Å². The molecule has 0 saturated heterocycles. The van der Waals surface area contributed by atoms with Crippen LogP contribution in [0.25, 0.3) is 6.08 Å². The number of carbonyl (C=O) groups excluding carboxylic acids is 2. The maximum absolute atomic E-state index is 12.2. The average Bonchev–Trinajstić information content (AvgIpc) is 3.35. The van der Waals surface area contributed by atoms with Crippen LogP contribution in [0.1, 0.15) is 28.0 Å². The van der Waals surface area contributed by atoms with Crippen LogP contribution < -0.4 is 10.6 Å². The van der Waals surface area contributed by atoms with Gasteiger partial charge in [0.15, 0.2) is 0 Å². The summed E-state index contributed by atoms with van der Waals surface area (Å²) in [4.78, 5) is 24.8. The van der Waals surface area contributed by atoms with Crippen molar-refractivity contribution in [1.82, 2.24) is 5.32 Å². The van der Waals surface area contributed by atoms with Gasteiger partial charge in [0, 0.05) is 23.1 Å². The van der Waals surface area contributed by atoms with Crippen molar-refractivity contribution in [3.8, 4) is 6.07 Å². The van der Waals surface area contributed by atoms with E-state index >= 15 is 0 Å². The summed E-state index contributed by atoms with van der Waals surface area (Å²) in [7, 11) is 0. The second-order valence-corrected chi connectivity index (χ2v) is 7.66. The van der Waals surface area contributed by atoms with Crippen LogP contribution in [0.15, 0.2) is 29.1 Å². The highest BCUT2D eigenvalue weighted by molar-refractivity contribution is 7.16. The average molecular weight is 415 g/mol. The van der Waals surface area contributed by atoms with Gasteiger partial charge in [-0.25, -0.2) is 4.79 Å². The van der Waals surface area contributed by atoms with Gasteiger partial charge >= 0.3 is 6.09 Å². The number of anilines is 1. The van der Waals surface area contributed by atoms with E-state index in [1.54, 1.807) is 12.1 Å². The van der Waals surface area contributed by atoms with Crippen LogP contribution in [0, 0.1) is 17.2 Å². The highest BCUT2D eigenvalue weighted by atomic mass is 32.1. The van der Waals surface area contributed by atoms with Crippen molar-refractivity contribution in [2.24, 2.45) is 5.92 Å². The molecule has 2 aromatic rings. The zero-order chi connectivity index (χ0) is 20.6. The number of alkyl carbamates (subject to hydrolysis) is 1. The van der Waals surface area contributed by atoms with Gasteiger partial charge in [0.05, 0.1) is 31.3 Å². The SMILES string of the molecule is N#Cc1c(NC(=O)/C=C/c2ccoc2)sc2c1CCC(COC(=O)NCCO)C2. The summed E-state index contributed by atoms with van der Waals surface area (Å²) in [6, 6.07) is 3.94. The van der Waals surface area contributed by atoms with E-state index in [2.05, 4.69) is 16.7 Å². The van der Waals surface area contributed by atoms with Gasteiger partial charge in [-0.1, -0.05) is 0 Å².